The van der Waals surface area contributed by atoms with Gasteiger partial charge >= 0.3 is 0 Å². The molecule has 2 amide bonds. The number of nitrogens with one attached hydrogen (secondary N) is 2. The van der Waals surface area contributed by atoms with Crippen LogP contribution in [0.25, 0.3) is 0 Å². The minimum Gasteiger partial charge on any atom is -0.352 e. The maximum Gasteiger partial charge on any atom is 0.273 e. The van der Waals surface area contributed by atoms with Crippen LogP contribution in [0.5, 0.6) is 0 Å². The van der Waals surface area contributed by atoms with E-state index in [0.717, 1.165) is 12.8 Å². The molecule has 98 valence electrons. The zero-order valence-corrected chi connectivity index (χ0v) is 9.93. The van der Waals surface area contributed by atoms with Crippen molar-refractivity contribution in [3.05, 3.63) is 11.9 Å². The summed E-state index contributed by atoms with van der Waals surface area (Å²) in [4.78, 5) is 23.0. The molecule has 0 bridgehead atoms. The molecule has 8 nitrogen and oxygen atoms in total. The largest absolute Gasteiger partial charge is 0.352 e. The predicted molar refractivity (Wildman–Crippen MR) is 62.6 cm³/mol. The van der Waals surface area contributed by atoms with Crippen molar-refractivity contribution < 1.29 is 9.59 Å². The highest BCUT2D eigenvalue weighted by Crippen LogP contribution is 2.18. The molecule has 1 aromatic heterocycles. The van der Waals surface area contributed by atoms with Gasteiger partial charge in [-0.05, 0) is 12.8 Å². The second-order valence-corrected chi connectivity index (χ2v) is 4.18. The first-order chi connectivity index (χ1) is 8.69. The Morgan fingerprint density at radius 3 is 2.94 bits per heavy atom. The third-order valence-corrected chi connectivity index (χ3v) is 2.48. The Morgan fingerprint density at radius 2 is 2.28 bits per heavy atom. The Kier molecular flexibility index (Phi) is 3.88. The molecule has 18 heavy (non-hydrogen) atoms. The predicted octanol–water partition coefficient (Wildman–Crippen LogP) is -1.75. The number of carbonyl (C=O) groups excluding carboxylic acids is 2. The van der Waals surface area contributed by atoms with Crippen molar-refractivity contribution in [1.29, 1.82) is 0 Å². The highest BCUT2D eigenvalue weighted by atomic mass is 16.2. The lowest BCUT2D eigenvalue weighted by atomic mass is 10.4. The Balaban J connectivity index is 1.77. The number of nitrogens with zero attached hydrogens (tertiary/aromatic N) is 3. The van der Waals surface area contributed by atoms with Gasteiger partial charge in [-0.2, -0.15) is 0 Å². The zero-order chi connectivity index (χ0) is 13.0. The number of nitrogens with two attached hydrogens (primary N) is 1. The Labute approximate surface area is 104 Å². The highest BCUT2D eigenvalue weighted by molar-refractivity contribution is 5.94. The molecule has 0 aromatic carbocycles. The molecule has 1 saturated carbocycles. The van der Waals surface area contributed by atoms with Crippen molar-refractivity contribution in [2.45, 2.75) is 25.4 Å². The van der Waals surface area contributed by atoms with E-state index in [0.29, 0.717) is 19.1 Å². The lowest BCUT2D eigenvalue weighted by molar-refractivity contribution is -0.120. The first-order valence-electron chi connectivity index (χ1n) is 5.87. The third-order valence-electron chi connectivity index (χ3n) is 2.48. The summed E-state index contributed by atoms with van der Waals surface area (Å²) in [6.45, 7) is 0.885. The van der Waals surface area contributed by atoms with Crippen molar-refractivity contribution in [2.24, 2.45) is 5.73 Å². The molecule has 0 saturated heterocycles. The maximum absolute atomic E-state index is 11.6. The van der Waals surface area contributed by atoms with Crippen LogP contribution in [-0.4, -0.2) is 45.9 Å². The molecule has 2 rings (SSSR count). The van der Waals surface area contributed by atoms with Crippen LogP contribution in [-0.2, 0) is 11.3 Å². The molecule has 0 atom stereocenters. The summed E-state index contributed by atoms with van der Waals surface area (Å²) in [6, 6.07) is 0.292. The quantitative estimate of drug-likeness (QED) is 0.555. The molecule has 0 radical (unpaired) electrons. The van der Waals surface area contributed by atoms with Gasteiger partial charge in [0.15, 0.2) is 5.69 Å². The van der Waals surface area contributed by atoms with Crippen LogP contribution in [0, 0.1) is 0 Å². The fourth-order valence-corrected chi connectivity index (χ4v) is 1.40. The van der Waals surface area contributed by atoms with Crippen LogP contribution in [0.2, 0.25) is 0 Å². The van der Waals surface area contributed by atoms with Gasteiger partial charge in [0.1, 0.15) is 0 Å². The Morgan fingerprint density at radius 1 is 1.50 bits per heavy atom. The third kappa shape index (κ3) is 3.52. The lowest BCUT2D eigenvalue weighted by Crippen LogP contribution is -2.37. The molecule has 0 spiro atoms. The van der Waals surface area contributed by atoms with Gasteiger partial charge in [0, 0.05) is 12.6 Å². The average Bonchev–Trinajstić information content (AvgIpc) is 3.03. The fourth-order valence-electron chi connectivity index (χ4n) is 1.40. The van der Waals surface area contributed by atoms with Gasteiger partial charge in [0.05, 0.1) is 19.3 Å². The molecule has 0 aliphatic heterocycles. The second-order valence-electron chi connectivity index (χ2n) is 4.18. The standard InChI is InChI=1S/C10H16N6O2/c11-3-4-16-6-8(14-15-16)10(18)12-5-9(17)13-7-1-2-7/h6-7H,1-5,11H2,(H,12,18)(H,13,17). The van der Waals surface area contributed by atoms with Gasteiger partial charge in [0.25, 0.3) is 5.91 Å². The summed E-state index contributed by atoms with van der Waals surface area (Å²) >= 11 is 0. The zero-order valence-electron chi connectivity index (χ0n) is 9.93. The van der Waals surface area contributed by atoms with E-state index in [-0.39, 0.29) is 18.1 Å². The van der Waals surface area contributed by atoms with Gasteiger partial charge in [0.2, 0.25) is 5.91 Å². The van der Waals surface area contributed by atoms with E-state index in [1.165, 1.54) is 10.9 Å². The summed E-state index contributed by atoms with van der Waals surface area (Å²) < 4.78 is 1.49. The molecule has 1 fully saturated rings. The summed E-state index contributed by atoms with van der Waals surface area (Å²) in [5.74, 6) is -0.593. The van der Waals surface area contributed by atoms with Gasteiger partial charge < -0.3 is 16.4 Å². The van der Waals surface area contributed by atoms with Crippen LogP contribution in [0.15, 0.2) is 6.20 Å². The van der Waals surface area contributed by atoms with E-state index in [9.17, 15) is 9.59 Å². The maximum atomic E-state index is 11.6. The number of amides is 2. The first kappa shape index (κ1) is 12.5. The number of aromatic nitrogens is 3. The van der Waals surface area contributed by atoms with E-state index >= 15 is 0 Å². The highest BCUT2D eigenvalue weighted by Gasteiger charge is 2.23. The van der Waals surface area contributed by atoms with Gasteiger partial charge in [-0.25, -0.2) is 0 Å². The fraction of sp³-hybridized carbons (Fsp3) is 0.600. The summed E-state index contributed by atoms with van der Waals surface area (Å²) in [7, 11) is 0. The number of rotatable bonds is 6. The SMILES string of the molecule is NCCn1cc(C(=O)NCC(=O)NC2CC2)nn1. The average molecular weight is 252 g/mol. The number of carbonyl (C=O) groups is 2. The summed E-state index contributed by atoms with van der Waals surface area (Å²) in [6.07, 6.45) is 3.54. The monoisotopic (exact) mass is 252 g/mol. The van der Waals surface area contributed by atoms with Crippen molar-refractivity contribution in [3.8, 4) is 0 Å². The molecular formula is C10H16N6O2. The van der Waals surface area contributed by atoms with E-state index in [1.807, 2.05) is 0 Å². The van der Waals surface area contributed by atoms with Crippen LogP contribution in [0.3, 0.4) is 0 Å². The minimum atomic E-state index is -0.413. The minimum absolute atomic E-state index is 0.0426. The van der Waals surface area contributed by atoms with Crippen molar-refractivity contribution in [2.75, 3.05) is 13.1 Å². The smallest absolute Gasteiger partial charge is 0.273 e. The van der Waals surface area contributed by atoms with Gasteiger partial charge in [-0.15, -0.1) is 5.10 Å². The van der Waals surface area contributed by atoms with Crippen molar-refractivity contribution in [3.63, 3.8) is 0 Å². The molecule has 0 unspecified atom stereocenters. The Hall–Kier alpha value is -1.96. The van der Waals surface area contributed by atoms with E-state index in [4.69, 9.17) is 5.73 Å². The van der Waals surface area contributed by atoms with E-state index in [1.54, 1.807) is 0 Å². The summed E-state index contributed by atoms with van der Waals surface area (Å²) in [5, 5.41) is 12.7. The normalized spacial score (nSPS) is 14.3. The summed E-state index contributed by atoms with van der Waals surface area (Å²) in [5.41, 5.74) is 5.54. The van der Waals surface area contributed by atoms with Gasteiger partial charge in [-0.1, -0.05) is 5.21 Å². The van der Waals surface area contributed by atoms with Crippen LogP contribution in [0.4, 0.5) is 0 Å². The topological polar surface area (TPSA) is 115 Å². The molecular weight excluding hydrogens is 236 g/mol. The van der Waals surface area contributed by atoms with Crippen molar-refractivity contribution in [1.82, 2.24) is 25.6 Å². The van der Waals surface area contributed by atoms with Crippen molar-refractivity contribution >= 4 is 11.8 Å². The molecule has 1 aliphatic carbocycles. The van der Waals surface area contributed by atoms with E-state index in [2.05, 4.69) is 20.9 Å². The van der Waals surface area contributed by atoms with Crippen LogP contribution in [0.1, 0.15) is 23.3 Å². The second kappa shape index (κ2) is 5.58. The van der Waals surface area contributed by atoms with Crippen LogP contribution >= 0.6 is 0 Å². The van der Waals surface area contributed by atoms with E-state index < -0.39 is 5.91 Å². The Bertz CT molecular complexity index is 439. The first-order valence-corrected chi connectivity index (χ1v) is 5.87. The number of hydrogen-bond donors (Lipinski definition) is 3. The lowest BCUT2D eigenvalue weighted by Gasteiger charge is -2.03. The molecule has 4 N–H and O–H groups in total. The van der Waals surface area contributed by atoms with Gasteiger partial charge in [-0.3, -0.25) is 14.3 Å². The number of hydrogen-bond acceptors (Lipinski definition) is 5. The van der Waals surface area contributed by atoms with Crippen LogP contribution < -0.4 is 16.4 Å². The molecule has 1 heterocycles. The molecule has 8 heteroatoms. The molecule has 1 aromatic rings. The molecule has 1 aliphatic rings.